The Kier molecular flexibility index (Phi) is 5.61. The van der Waals surface area contributed by atoms with Crippen molar-refractivity contribution in [2.75, 3.05) is 6.54 Å². The minimum atomic E-state index is -0.387. The summed E-state index contributed by atoms with van der Waals surface area (Å²) in [6, 6.07) is 10.5. The largest absolute Gasteiger partial charge is 0.313 e. The number of nitrogens with one attached hydrogen (secondary N) is 1. The van der Waals surface area contributed by atoms with E-state index in [9.17, 15) is 10.1 Å². The lowest BCUT2D eigenvalue weighted by atomic mass is 10.1. The second-order valence-corrected chi connectivity index (χ2v) is 5.28. The van der Waals surface area contributed by atoms with Gasteiger partial charge in [-0.05, 0) is 31.5 Å². The molecule has 2 aromatic rings. The molecule has 0 atom stereocenters. The molecule has 2 rings (SSSR count). The number of hydrogen-bond donors (Lipinski definition) is 1. The average molecular weight is 299 g/mol. The van der Waals surface area contributed by atoms with Gasteiger partial charge in [-0.1, -0.05) is 31.5 Å². The van der Waals surface area contributed by atoms with Gasteiger partial charge in [-0.2, -0.15) is 0 Å². The predicted octanol–water partition coefficient (Wildman–Crippen LogP) is 3.85. The summed E-state index contributed by atoms with van der Waals surface area (Å²) >= 11 is 0. The Bertz CT molecular complexity index is 656. The number of nitrogens with zero attached hydrogens (tertiary/aromatic N) is 2. The van der Waals surface area contributed by atoms with Crippen molar-refractivity contribution in [3.63, 3.8) is 0 Å². The number of nitro benzene ring substituents is 1. The molecule has 0 saturated heterocycles. The van der Waals surface area contributed by atoms with Crippen molar-refractivity contribution in [1.29, 1.82) is 0 Å². The first-order chi connectivity index (χ1) is 10.6. The Hall–Kier alpha value is -2.27. The fourth-order valence-electron chi connectivity index (χ4n) is 2.24. The molecule has 0 fully saturated rings. The number of benzene rings is 1. The monoisotopic (exact) mass is 299 g/mol. The van der Waals surface area contributed by atoms with Gasteiger partial charge in [-0.3, -0.25) is 15.1 Å². The summed E-state index contributed by atoms with van der Waals surface area (Å²) in [6.07, 6.45) is 2.34. The van der Waals surface area contributed by atoms with Crippen LogP contribution in [0.4, 0.5) is 5.69 Å². The highest BCUT2D eigenvalue weighted by Gasteiger charge is 2.09. The highest BCUT2D eigenvalue weighted by atomic mass is 16.6. The van der Waals surface area contributed by atoms with Crippen LogP contribution < -0.4 is 5.32 Å². The summed E-state index contributed by atoms with van der Waals surface area (Å²) in [5.74, 6) is 0. The third-order valence-electron chi connectivity index (χ3n) is 3.57. The Balaban J connectivity index is 2.15. The van der Waals surface area contributed by atoms with Crippen LogP contribution in [0.3, 0.4) is 0 Å². The van der Waals surface area contributed by atoms with Crippen LogP contribution in [0.25, 0.3) is 11.3 Å². The Morgan fingerprint density at radius 1 is 1.27 bits per heavy atom. The van der Waals surface area contributed by atoms with Crippen LogP contribution in [0.5, 0.6) is 0 Å². The molecule has 5 nitrogen and oxygen atoms in total. The molecule has 116 valence electrons. The average Bonchev–Trinajstić information content (AvgIpc) is 2.53. The molecule has 0 aliphatic carbocycles. The molecule has 0 saturated carbocycles. The van der Waals surface area contributed by atoms with Gasteiger partial charge in [0.1, 0.15) is 0 Å². The molecule has 0 aliphatic rings. The normalized spacial score (nSPS) is 10.6. The number of aromatic nitrogens is 1. The third kappa shape index (κ3) is 4.11. The highest BCUT2D eigenvalue weighted by molar-refractivity contribution is 5.62. The van der Waals surface area contributed by atoms with Gasteiger partial charge in [0.2, 0.25) is 0 Å². The second-order valence-electron chi connectivity index (χ2n) is 5.28. The van der Waals surface area contributed by atoms with Crippen LogP contribution in [-0.2, 0) is 6.54 Å². The van der Waals surface area contributed by atoms with Crippen LogP contribution in [0.1, 0.15) is 31.0 Å². The summed E-state index contributed by atoms with van der Waals surface area (Å²) in [7, 11) is 0. The van der Waals surface area contributed by atoms with E-state index in [-0.39, 0.29) is 10.6 Å². The summed E-state index contributed by atoms with van der Waals surface area (Å²) in [4.78, 5) is 15.0. The Morgan fingerprint density at radius 3 is 2.77 bits per heavy atom. The van der Waals surface area contributed by atoms with E-state index in [1.807, 2.05) is 25.1 Å². The van der Waals surface area contributed by atoms with Crippen LogP contribution >= 0.6 is 0 Å². The fourth-order valence-corrected chi connectivity index (χ4v) is 2.24. The van der Waals surface area contributed by atoms with Gasteiger partial charge in [0.25, 0.3) is 5.69 Å². The van der Waals surface area contributed by atoms with Crippen molar-refractivity contribution < 1.29 is 4.92 Å². The van der Waals surface area contributed by atoms with Gasteiger partial charge in [0.05, 0.1) is 10.6 Å². The van der Waals surface area contributed by atoms with Crippen molar-refractivity contribution in [3.8, 4) is 11.3 Å². The van der Waals surface area contributed by atoms with Gasteiger partial charge >= 0.3 is 0 Å². The maximum atomic E-state index is 10.9. The Labute approximate surface area is 130 Å². The lowest BCUT2D eigenvalue weighted by Crippen LogP contribution is -2.15. The first-order valence-corrected chi connectivity index (χ1v) is 7.54. The molecule has 22 heavy (non-hydrogen) atoms. The molecule has 1 aromatic carbocycles. The number of nitro groups is 1. The van der Waals surface area contributed by atoms with Crippen LogP contribution in [0.2, 0.25) is 0 Å². The molecule has 0 unspecified atom stereocenters. The van der Waals surface area contributed by atoms with Gasteiger partial charge < -0.3 is 5.32 Å². The smallest absolute Gasteiger partial charge is 0.270 e. The van der Waals surface area contributed by atoms with Crippen molar-refractivity contribution in [2.24, 2.45) is 0 Å². The molecule has 5 heteroatoms. The number of hydrogen-bond acceptors (Lipinski definition) is 4. The highest BCUT2D eigenvalue weighted by Crippen LogP contribution is 2.23. The third-order valence-corrected chi connectivity index (χ3v) is 3.57. The van der Waals surface area contributed by atoms with Crippen LogP contribution in [-0.4, -0.2) is 16.5 Å². The van der Waals surface area contributed by atoms with Gasteiger partial charge in [-0.15, -0.1) is 0 Å². The molecular weight excluding hydrogens is 278 g/mol. The first kappa shape index (κ1) is 16.1. The van der Waals surface area contributed by atoms with E-state index in [1.54, 1.807) is 12.1 Å². The molecule has 1 heterocycles. The Morgan fingerprint density at radius 2 is 2.09 bits per heavy atom. The summed E-state index contributed by atoms with van der Waals surface area (Å²) in [6.45, 7) is 5.94. The van der Waals surface area contributed by atoms with Crippen molar-refractivity contribution in [1.82, 2.24) is 10.3 Å². The first-order valence-electron chi connectivity index (χ1n) is 7.54. The number of rotatable bonds is 7. The predicted molar refractivity (Wildman–Crippen MR) is 87.7 cm³/mol. The van der Waals surface area contributed by atoms with E-state index >= 15 is 0 Å². The lowest BCUT2D eigenvalue weighted by molar-refractivity contribution is -0.384. The minimum absolute atomic E-state index is 0.0854. The molecular formula is C17H21N3O2. The molecule has 0 radical (unpaired) electrons. The molecule has 0 amide bonds. The lowest BCUT2D eigenvalue weighted by Gasteiger charge is -2.09. The molecule has 1 aromatic heterocycles. The van der Waals surface area contributed by atoms with E-state index in [0.29, 0.717) is 0 Å². The van der Waals surface area contributed by atoms with Gasteiger partial charge in [0.15, 0.2) is 0 Å². The van der Waals surface area contributed by atoms with Crippen LogP contribution in [0, 0.1) is 17.0 Å². The maximum Gasteiger partial charge on any atom is 0.270 e. The number of aryl methyl sites for hydroxylation is 1. The maximum absolute atomic E-state index is 10.9. The zero-order chi connectivity index (χ0) is 15.9. The standard InChI is InChI=1S/C17H21N3O2/c1-3-4-10-18-12-15-8-9-17(19-13(15)2)14-6-5-7-16(11-14)20(21)22/h5-9,11,18H,3-4,10,12H2,1-2H3. The number of pyridine rings is 1. The topological polar surface area (TPSA) is 68.1 Å². The molecule has 0 aliphatic heterocycles. The summed E-state index contributed by atoms with van der Waals surface area (Å²) in [5.41, 5.74) is 3.72. The SMILES string of the molecule is CCCCNCc1ccc(-c2cccc([N+](=O)[O-])c2)nc1C. The summed E-state index contributed by atoms with van der Waals surface area (Å²) < 4.78 is 0. The van der Waals surface area contributed by atoms with Crippen molar-refractivity contribution in [2.45, 2.75) is 33.2 Å². The molecule has 1 N–H and O–H groups in total. The van der Waals surface area contributed by atoms with E-state index in [2.05, 4.69) is 17.2 Å². The van der Waals surface area contributed by atoms with E-state index < -0.39 is 0 Å². The number of non-ortho nitro benzene ring substituents is 1. The van der Waals surface area contributed by atoms with E-state index in [4.69, 9.17) is 0 Å². The quantitative estimate of drug-likeness (QED) is 0.479. The van der Waals surface area contributed by atoms with E-state index in [0.717, 1.165) is 42.0 Å². The van der Waals surface area contributed by atoms with Crippen molar-refractivity contribution in [3.05, 3.63) is 57.8 Å². The van der Waals surface area contributed by atoms with Gasteiger partial charge in [-0.25, -0.2) is 0 Å². The van der Waals surface area contributed by atoms with Crippen LogP contribution in [0.15, 0.2) is 36.4 Å². The fraction of sp³-hybridized carbons (Fsp3) is 0.353. The van der Waals surface area contributed by atoms with E-state index in [1.165, 1.54) is 12.5 Å². The minimum Gasteiger partial charge on any atom is -0.313 e. The number of unbranched alkanes of at least 4 members (excludes halogenated alkanes) is 1. The van der Waals surface area contributed by atoms with Gasteiger partial charge in [0, 0.05) is 29.9 Å². The zero-order valence-electron chi connectivity index (χ0n) is 13.0. The second kappa shape index (κ2) is 7.66. The molecule has 0 spiro atoms. The molecule has 0 bridgehead atoms. The van der Waals surface area contributed by atoms with Crippen molar-refractivity contribution >= 4 is 5.69 Å². The summed E-state index contributed by atoms with van der Waals surface area (Å²) in [5, 5.41) is 14.3. The zero-order valence-corrected chi connectivity index (χ0v) is 13.0.